The smallest absolute Gasteiger partial charge is 0.127 e. The van der Waals surface area contributed by atoms with Crippen molar-refractivity contribution in [3.63, 3.8) is 0 Å². The van der Waals surface area contributed by atoms with Crippen molar-refractivity contribution in [3.8, 4) is 5.75 Å². The summed E-state index contributed by atoms with van der Waals surface area (Å²) in [4.78, 5) is 10.7. The molecule has 2 aromatic rings. The molecule has 0 spiro atoms. The van der Waals surface area contributed by atoms with Gasteiger partial charge >= 0.3 is 0 Å². The third-order valence-electron chi connectivity index (χ3n) is 4.71. The molecule has 1 atom stereocenters. The van der Waals surface area contributed by atoms with E-state index in [1.807, 2.05) is 18.2 Å². The van der Waals surface area contributed by atoms with Crippen molar-refractivity contribution >= 4 is 6.08 Å². The van der Waals surface area contributed by atoms with E-state index in [-0.39, 0.29) is 6.10 Å². The summed E-state index contributed by atoms with van der Waals surface area (Å²) in [7, 11) is 0. The number of aromatic nitrogens is 2. The Labute approximate surface area is 148 Å². The van der Waals surface area contributed by atoms with Crippen molar-refractivity contribution in [2.75, 3.05) is 32.8 Å². The number of fused-ring (bicyclic) bond motifs is 1. The van der Waals surface area contributed by atoms with Crippen LogP contribution in [-0.4, -0.2) is 53.8 Å². The zero-order valence-corrected chi connectivity index (χ0v) is 14.3. The first-order chi connectivity index (χ1) is 12.4. The summed E-state index contributed by atoms with van der Waals surface area (Å²) in [5, 5.41) is 0. The molecule has 1 aromatic carbocycles. The number of para-hydroxylation sites is 1. The van der Waals surface area contributed by atoms with Crippen LogP contribution in [0.3, 0.4) is 0 Å². The molecular formula is C20H23N3O2. The monoisotopic (exact) mass is 337 g/mol. The SMILES string of the molecule is C1=C(CN2CCO[C@H](CCc3ccncn3)C2)COc2ccccc21. The lowest BCUT2D eigenvalue weighted by atomic mass is 10.1. The molecule has 1 fully saturated rings. The molecule has 0 amide bonds. The number of nitrogens with zero attached hydrogens (tertiary/aromatic N) is 3. The summed E-state index contributed by atoms with van der Waals surface area (Å²) in [5.74, 6) is 0.982. The summed E-state index contributed by atoms with van der Waals surface area (Å²) in [6.45, 7) is 4.36. The predicted molar refractivity (Wildman–Crippen MR) is 96.4 cm³/mol. The maximum Gasteiger partial charge on any atom is 0.127 e. The minimum atomic E-state index is 0.265. The van der Waals surface area contributed by atoms with Crippen LogP contribution < -0.4 is 4.74 Å². The highest BCUT2D eigenvalue weighted by molar-refractivity contribution is 5.62. The predicted octanol–water partition coefficient (Wildman–Crippen LogP) is 2.59. The Morgan fingerprint density at radius 1 is 1.20 bits per heavy atom. The second kappa shape index (κ2) is 7.76. The van der Waals surface area contributed by atoms with E-state index in [4.69, 9.17) is 9.47 Å². The van der Waals surface area contributed by atoms with Crippen molar-refractivity contribution < 1.29 is 9.47 Å². The molecule has 2 aliphatic rings. The number of hydrogen-bond acceptors (Lipinski definition) is 5. The lowest BCUT2D eigenvalue weighted by Gasteiger charge is -2.34. The molecule has 5 nitrogen and oxygen atoms in total. The van der Waals surface area contributed by atoms with Crippen molar-refractivity contribution in [1.29, 1.82) is 0 Å². The largest absolute Gasteiger partial charge is 0.489 e. The van der Waals surface area contributed by atoms with Gasteiger partial charge in [0.05, 0.1) is 12.7 Å². The van der Waals surface area contributed by atoms with E-state index in [1.54, 1.807) is 12.5 Å². The summed E-state index contributed by atoms with van der Waals surface area (Å²) in [5.41, 5.74) is 3.59. The topological polar surface area (TPSA) is 47.5 Å². The van der Waals surface area contributed by atoms with E-state index in [1.165, 1.54) is 11.1 Å². The first kappa shape index (κ1) is 16.2. The van der Waals surface area contributed by atoms with Gasteiger partial charge in [-0.1, -0.05) is 18.2 Å². The van der Waals surface area contributed by atoms with E-state index >= 15 is 0 Å². The third-order valence-corrected chi connectivity index (χ3v) is 4.71. The maximum atomic E-state index is 5.94. The van der Waals surface area contributed by atoms with Crippen molar-refractivity contribution in [2.24, 2.45) is 0 Å². The van der Waals surface area contributed by atoms with Crippen LogP contribution in [0.1, 0.15) is 17.7 Å². The fourth-order valence-electron chi connectivity index (χ4n) is 3.42. The van der Waals surface area contributed by atoms with Gasteiger partial charge < -0.3 is 9.47 Å². The van der Waals surface area contributed by atoms with Crippen molar-refractivity contribution in [2.45, 2.75) is 18.9 Å². The summed E-state index contributed by atoms with van der Waals surface area (Å²) in [6.07, 6.45) is 7.86. The standard InChI is InChI=1S/C20H23N3O2/c1-2-4-20-17(3-1)11-16(14-25-20)12-23-9-10-24-19(13-23)6-5-18-7-8-21-15-22-18/h1-4,7-8,11,15,19H,5-6,9-10,12-14H2/t19-/m1/s1. The number of aryl methyl sites for hydroxylation is 1. The van der Waals surface area contributed by atoms with Gasteiger partial charge in [0.15, 0.2) is 0 Å². The van der Waals surface area contributed by atoms with Gasteiger partial charge in [-0.2, -0.15) is 0 Å². The average molecular weight is 337 g/mol. The van der Waals surface area contributed by atoms with Gasteiger partial charge in [0, 0.05) is 37.1 Å². The number of ether oxygens (including phenoxy) is 2. The summed E-state index contributed by atoms with van der Waals surface area (Å²) in [6, 6.07) is 10.2. The van der Waals surface area contributed by atoms with Gasteiger partial charge in [-0.05, 0) is 36.6 Å². The Balaban J connectivity index is 1.32. The molecule has 25 heavy (non-hydrogen) atoms. The number of hydrogen-bond donors (Lipinski definition) is 0. The molecule has 1 aromatic heterocycles. The van der Waals surface area contributed by atoms with Crippen LogP contribution in [0.25, 0.3) is 6.08 Å². The van der Waals surface area contributed by atoms with E-state index < -0.39 is 0 Å². The van der Waals surface area contributed by atoms with Gasteiger partial charge in [0.1, 0.15) is 18.7 Å². The van der Waals surface area contributed by atoms with Crippen LogP contribution in [0.5, 0.6) is 5.75 Å². The van der Waals surface area contributed by atoms with Crippen molar-refractivity contribution in [1.82, 2.24) is 14.9 Å². The molecular weight excluding hydrogens is 314 g/mol. The van der Waals surface area contributed by atoms with Gasteiger partial charge in [-0.25, -0.2) is 9.97 Å². The molecule has 1 saturated heterocycles. The van der Waals surface area contributed by atoms with Crippen LogP contribution in [0, 0.1) is 0 Å². The molecule has 4 rings (SSSR count). The average Bonchev–Trinajstić information content (AvgIpc) is 2.67. The Hall–Kier alpha value is -2.24. The second-order valence-electron chi connectivity index (χ2n) is 6.60. The highest BCUT2D eigenvalue weighted by Gasteiger charge is 2.22. The van der Waals surface area contributed by atoms with Gasteiger partial charge in [0.2, 0.25) is 0 Å². The number of benzene rings is 1. The third kappa shape index (κ3) is 4.24. The lowest BCUT2D eigenvalue weighted by Crippen LogP contribution is -2.43. The van der Waals surface area contributed by atoms with Gasteiger partial charge in [0.25, 0.3) is 0 Å². The van der Waals surface area contributed by atoms with Crippen molar-refractivity contribution in [3.05, 3.63) is 59.7 Å². The lowest BCUT2D eigenvalue weighted by molar-refractivity contribution is -0.0292. The quantitative estimate of drug-likeness (QED) is 0.839. The van der Waals surface area contributed by atoms with Gasteiger partial charge in [-0.3, -0.25) is 4.90 Å². The van der Waals surface area contributed by atoms with E-state index in [0.29, 0.717) is 6.61 Å². The first-order valence-corrected chi connectivity index (χ1v) is 8.87. The van der Waals surface area contributed by atoms with Crippen LogP contribution in [-0.2, 0) is 11.2 Å². The molecule has 130 valence electrons. The molecule has 0 radical (unpaired) electrons. The molecule has 0 saturated carbocycles. The normalized spacial score (nSPS) is 20.5. The van der Waals surface area contributed by atoms with Crippen LogP contribution >= 0.6 is 0 Å². The minimum absolute atomic E-state index is 0.265. The molecule has 3 heterocycles. The Morgan fingerprint density at radius 3 is 3.08 bits per heavy atom. The molecule has 2 aliphatic heterocycles. The Bertz CT molecular complexity index is 733. The molecule has 5 heteroatoms. The number of morpholine rings is 1. The Morgan fingerprint density at radius 2 is 2.16 bits per heavy atom. The summed E-state index contributed by atoms with van der Waals surface area (Å²) >= 11 is 0. The molecule has 0 aliphatic carbocycles. The molecule has 0 unspecified atom stereocenters. The highest BCUT2D eigenvalue weighted by Crippen LogP contribution is 2.26. The first-order valence-electron chi connectivity index (χ1n) is 8.87. The number of rotatable bonds is 5. The minimum Gasteiger partial charge on any atom is -0.489 e. The van der Waals surface area contributed by atoms with Crippen LogP contribution in [0.15, 0.2) is 48.4 Å². The van der Waals surface area contributed by atoms with Gasteiger partial charge in [-0.15, -0.1) is 0 Å². The van der Waals surface area contributed by atoms with Crippen LogP contribution in [0.4, 0.5) is 0 Å². The maximum absolute atomic E-state index is 5.94. The van der Waals surface area contributed by atoms with E-state index in [0.717, 1.165) is 50.5 Å². The molecule has 0 N–H and O–H groups in total. The Kier molecular flexibility index (Phi) is 5.04. The summed E-state index contributed by atoms with van der Waals surface area (Å²) < 4.78 is 11.8. The fraction of sp³-hybridized carbons (Fsp3) is 0.400. The van der Waals surface area contributed by atoms with E-state index in [2.05, 4.69) is 33.1 Å². The molecule has 0 bridgehead atoms. The zero-order chi connectivity index (χ0) is 16.9. The van der Waals surface area contributed by atoms with Crippen LogP contribution in [0.2, 0.25) is 0 Å². The highest BCUT2D eigenvalue weighted by atomic mass is 16.5. The van der Waals surface area contributed by atoms with E-state index in [9.17, 15) is 0 Å². The second-order valence-corrected chi connectivity index (χ2v) is 6.60. The fourth-order valence-corrected chi connectivity index (χ4v) is 3.42. The zero-order valence-electron chi connectivity index (χ0n) is 14.3.